The zero-order valence-electron chi connectivity index (χ0n) is 14.9. The van der Waals surface area contributed by atoms with Gasteiger partial charge in [0.15, 0.2) is 0 Å². The largest absolute Gasteiger partial charge is 0.373 e. The van der Waals surface area contributed by atoms with Crippen LogP contribution in [-0.2, 0) is 4.74 Å². The van der Waals surface area contributed by atoms with E-state index in [1.807, 2.05) is 49.3 Å². The third-order valence-electron chi connectivity index (χ3n) is 4.46. The Bertz CT molecular complexity index is 770. The number of likely N-dealkylation sites (N-methyl/N-ethyl adjacent to an activating group) is 1. The van der Waals surface area contributed by atoms with Crippen molar-refractivity contribution in [3.05, 3.63) is 70.5 Å². The third-order valence-corrected chi connectivity index (χ3v) is 4.69. The van der Waals surface area contributed by atoms with E-state index < -0.39 is 5.82 Å². The number of hydrogen-bond acceptors (Lipinski definition) is 3. The number of carbonyl (C=O) groups is 1. The van der Waals surface area contributed by atoms with E-state index in [0.29, 0.717) is 24.7 Å². The molecule has 0 aliphatic carbocycles. The van der Waals surface area contributed by atoms with Gasteiger partial charge in [0.2, 0.25) is 0 Å². The third kappa shape index (κ3) is 4.06. The maximum Gasteiger partial charge on any atom is 0.257 e. The molecule has 1 heterocycles. The van der Waals surface area contributed by atoms with Crippen molar-refractivity contribution in [3.63, 3.8) is 0 Å². The van der Waals surface area contributed by atoms with E-state index in [0.717, 1.165) is 5.56 Å². The monoisotopic (exact) mass is 376 g/mol. The predicted octanol–water partition coefficient (Wildman–Crippen LogP) is 3.62. The van der Waals surface area contributed by atoms with Crippen LogP contribution in [0.1, 0.15) is 22.0 Å². The Kier molecular flexibility index (Phi) is 5.91. The lowest BCUT2D eigenvalue weighted by Crippen LogP contribution is -2.51. The molecule has 0 bridgehead atoms. The molecule has 0 unspecified atom stereocenters. The van der Waals surface area contributed by atoms with E-state index in [1.165, 1.54) is 18.2 Å². The molecule has 0 radical (unpaired) electrons. The van der Waals surface area contributed by atoms with Gasteiger partial charge in [-0.25, -0.2) is 4.39 Å². The molecule has 6 heteroatoms. The molecule has 0 N–H and O–H groups in total. The first-order valence-electron chi connectivity index (χ1n) is 8.54. The summed E-state index contributed by atoms with van der Waals surface area (Å²) in [7, 11) is 3.92. The van der Waals surface area contributed by atoms with Crippen LogP contribution in [0.4, 0.5) is 4.39 Å². The molecule has 1 saturated heterocycles. The molecule has 0 aromatic heterocycles. The Balaban J connectivity index is 1.99. The Morgan fingerprint density at radius 2 is 2.00 bits per heavy atom. The quantitative estimate of drug-likeness (QED) is 0.817. The van der Waals surface area contributed by atoms with E-state index >= 15 is 0 Å². The Labute approximate surface area is 158 Å². The average molecular weight is 377 g/mol. The van der Waals surface area contributed by atoms with Gasteiger partial charge in [-0.1, -0.05) is 41.9 Å². The summed E-state index contributed by atoms with van der Waals surface area (Å²) in [5, 5.41) is 0.337. The van der Waals surface area contributed by atoms with E-state index in [1.54, 1.807) is 4.90 Å². The SMILES string of the molecule is CN(C)C[C@@H]1OCCN(C(=O)c2cc(Cl)ccc2F)[C@H]1c1ccccc1. The lowest BCUT2D eigenvalue weighted by atomic mass is 9.96. The normalized spacial score (nSPS) is 20.4. The van der Waals surface area contributed by atoms with Crippen molar-refractivity contribution in [3.8, 4) is 0 Å². The van der Waals surface area contributed by atoms with Crippen molar-refractivity contribution in [2.75, 3.05) is 33.8 Å². The smallest absolute Gasteiger partial charge is 0.257 e. The fraction of sp³-hybridized carbons (Fsp3) is 0.350. The summed E-state index contributed by atoms with van der Waals surface area (Å²) in [6.07, 6.45) is -0.202. The fourth-order valence-corrected chi connectivity index (χ4v) is 3.51. The molecule has 4 nitrogen and oxygen atoms in total. The Morgan fingerprint density at radius 3 is 2.69 bits per heavy atom. The average Bonchev–Trinajstić information content (AvgIpc) is 2.63. The fourth-order valence-electron chi connectivity index (χ4n) is 3.33. The molecule has 1 aliphatic rings. The van der Waals surface area contributed by atoms with Gasteiger partial charge >= 0.3 is 0 Å². The molecule has 1 amide bonds. The first-order chi connectivity index (χ1) is 12.5. The van der Waals surface area contributed by atoms with Crippen LogP contribution in [0.25, 0.3) is 0 Å². The van der Waals surface area contributed by atoms with Crippen LogP contribution in [0.15, 0.2) is 48.5 Å². The summed E-state index contributed by atoms with van der Waals surface area (Å²) in [6, 6.07) is 13.5. The first kappa shape index (κ1) is 18.8. The number of benzene rings is 2. The van der Waals surface area contributed by atoms with Crippen molar-refractivity contribution in [1.82, 2.24) is 9.80 Å². The minimum absolute atomic E-state index is 0.0102. The van der Waals surface area contributed by atoms with Crippen LogP contribution >= 0.6 is 11.6 Å². The van der Waals surface area contributed by atoms with Gasteiger partial charge in [0, 0.05) is 18.1 Å². The molecule has 0 saturated carbocycles. The minimum atomic E-state index is -0.568. The van der Waals surface area contributed by atoms with Crippen LogP contribution in [-0.4, -0.2) is 55.6 Å². The lowest BCUT2D eigenvalue weighted by Gasteiger charge is -2.42. The molecular weight excluding hydrogens is 355 g/mol. The van der Waals surface area contributed by atoms with Crippen molar-refractivity contribution in [2.24, 2.45) is 0 Å². The number of halogens is 2. The van der Waals surface area contributed by atoms with Gasteiger partial charge in [-0.15, -0.1) is 0 Å². The number of morpholine rings is 1. The molecule has 0 spiro atoms. The number of ether oxygens (including phenoxy) is 1. The Morgan fingerprint density at radius 1 is 1.27 bits per heavy atom. The number of carbonyl (C=O) groups excluding carboxylic acids is 1. The summed E-state index contributed by atoms with van der Waals surface area (Å²) in [4.78, 5) is 16.9. The van der Waals surface area contributed by atoms with Crippen molar-refractivity contribution in [1.29, 1.82) is 0 Å². The highest BCUT2D eigenvalue weighted by Crippen LogP contribution is 2.32. The van der Waals surface area contributed by atoms with E-state index in [-0.39, 0.29) is 23.6 Å². The summed E-state index contributed by atoms with van der Waals surface area (Å²) >= 11 is 5.98. The molecule has 1 aliphatic heterocycles. The molecular formula is C20H22ClFN2O2. The van der Waals surface area contributed by atoms with E-state index in [4.69, 9.17) is 16.3 Å². The van der Waals surface area contributed by atoms with Crippen LogP contribution in [0, 0.1) is 5.82 Å². The second kappa shape index (κ2) is 8.16. The minimum Gasteiger partial charge on any atom is -0.373 e. The molecule has 2 atom stereocenters. The van der Waals surface area contributed by atoms with Gasteiger partial charge in [-0.05, 0) is 37.9 Å². The zero-order chi connectivity index (χ0) is 18.7. The molecule has 3 rings (SSSR count). The van der Waals surface area contributed by atoms with Gasteiger partial charge in [0.05, 0.1) is 24.3 Å². The van der Waals surface area contributed by atoms with Crippen LogP contribution < -0.4 is 0 Å². The van der Waals surface area contributed by atoms with Crippen molar-refractivity contribution < 1.29 is 13.9 Å². The number of nitrogens with zero attached hydrogens (tertiary/aromatic N) is 2. The van der Waals surface area contributed by atoms with Crippen molar-refractivity contribution in [2.45, 2.75) is 12.1 Å². The number of rotatable bonds is 4. The zero-order valence-corrected chi connectivity index (χ0v) is 15.6. The van der Waals surface area contributed by atoms with E-state index in [2.05, 4.69) is 0 Å². The summed E-state index contributed by atoms with van der Waals surface area (Å²) in [5.41, 5.74) is 0.957. The van der Waals surface area contributed by atoms with Crippen LogP contribution in [0.3, 0.4) is 0 Å². The predicted molar refractivity (Wildman–Crippen MR) is 99.9 cm³/mol. The van der Waals surface area contributed by atoms with Crippen LogP contribution in [0.2, 0.25) is 5.02 Å². The highest BCUT2D eigenvalue weighted by Gasteiger charge is 2.37. The molecule has 2 aromatic carbocycles. The first-order valence-corrected chi connectivity index (χ1v) is 8.92. The second-order valence-corrected chi connectivity index (χ2v) is 7.09. The number of hydrogen-bond donors (Lipinski definition) is 0. The maximum absolute atomic E-state index is 14.3. The summed E-state index contributed by atoms with van der Waals surface area (Å²) in [5.74, 6) is -0.937. The molecule has 26 heavy (non-hydrogen) atoms. The Hall–Kier alpha value is -1.95. The van der Waals surface area contributed by atoms with E-state index in [9.17, 15) is 9.18 Å². The standard InChI is InChI=1S/C20H22ClFN2O2/c1-23(2)13-18-19(14-6-4-3-5-7-14)24(10-11-26-18)20(25)16-12-15(21)8-9-17(16)22/h3-9,12,18-19H,10-11,13H2,1-2H3/t18-,19-/m0/s1. The molecule has 2 aromatic rings. The number of amides is 1. The highest BCUT2D eigenvalue weighted by molar-refractivity contribution is 6.31. The maximum atomic E-state index is 14.3. The topological polar surface area (TPSA) is 32.8 Å². The molecule has 138 valence electrons. The summed E-state index contributed by atoms with van der Waals surface area (Å²) < 4.78 is 20.2. The van der Waals surface area contributed by atoms with Gasteiger partial charge in [0.25, 0.3) is 5.91 Å². The van der Waals surface area contributed by atoms with Gasteiger partial charge in [-0.3, -0.25) is 4.79 Å². The van der Waals surface area contributed by atoms with Gasteiger partial charge in [0.1, 0.15) is 5.82 Å². The molecule has 1 fully saturated rings. The van der Waals surface area contributed by atoms with Gasteiger partial charge in [-0.2, -0.15) is 0 Å². The van der Waals surface area contributed by atoms with Crippen LogP contribution in [0.5, 0.6) is 0 Å². The van der Waals surface area contributed by atoms with Crippen molar-refractivity contribution >= 4 is 17.5 Å². The van der Waals surface area contributed by atoms with Gasteiger partial charge < -0.3 is 14.5 Å². The highest BCUT2D eigenvalue weighted by atomic mass is 35.5. The summed E-state index contributed by atoms with van der Waals surface area (Å²) in [6.45, 7) is 1.46. The lowest BCUT2D eigenvalue weighted by molar-refractivity contribution is -0.0685. The second-order valence-electron chi connectivity index (χ2n) is 6.65.